The Bertz CT molecular complexity index is 752. The van der Waals surface area contributed by atoms with E-state index in [1.807, 2.05) is 24.3 Å². The Morgan fingerprint density at radius 1 is 0.947 bits per heavy atom. The first-order valence-corrected chi connectivity index (χ1v) is 6.40. The van der Waals surface area contributed by atoms with Gasteiger partial charge in [-0.25, -0.2) is 4.99 Å². The molecule has 92 valence electrons. The van der Waals surface area contributed by atoms with Gasteiger partial charge in [0.1, 0.15) is 0 Å². The second kappa shape index (κ2) is 4.78. The van der Waals surface area contributed by atoms with Crippen molar-refractivity contribution in [3.05, 3.63) is 60.2 Å². The summed E-state index contributed by atoms with van der Waals surface area (Å²) >= 11 is 4.82. The Labute approximate surface area is 116 Å². The summed E-state index contributed by atoms with van der Waals surface area (Å²) in [6.45, 7) is 0. The lowest BCUT2D eigenvalue weighted by atomic mass is 9.97. The Hall–Kier alpha value is -2.26. The molecule has 3 rings (SSSR count). The number of aliphatic imine (C=N–C) groups is 1. The first-order chi connectivity index (χ1) is 9.25. The molecular weight excluding hydrogens is 252 g/mol. The minimum absolute atomic E-state index is 0.150. The third-order valence-corrected chi connectivity index (χ3v) is 3.24. The minimum Gasteiger partial charge on any atom is -0.374 e. The van der Waals surface area contributed by atoms with Crippen molar-refractivity contribution in [3.63, 3.8) is 0 Å². The zero-order chi connectivity index (χ0) is 13.2. The summed E-state index contributed by atoms with van der Waals surface area (Å²) in [6, 6.07) is 18.7. The summed E-state index contributed by atoms with van der Waals surface area (Å²) < 4.78 is 0. The predicted octanol–water partition coefficient (Wildman–Crippen LogP) is 3.66. The quantitative estimate of drug-likeness (QED) is 0.414. The van der Waals surface area contributed by atoms with Gasteiger partial charge in [-0.15, -0.1) is 0 Å². The van der Waals surface area contributed by atoms with Crippen LogP contribution in [0.5, 0.6) is 0 Å². The number of hydrogen-bond acceptors (Lipinski definition) is 1. The van der Waals surface area contributed by atoms with Gasteiger partial charge in [0.15, 0.2) is 5.11 Å². The summed E-state index contributed by atoms with van der Waals surface area (Å²) in [5.41, 5.74) is 6.52. The van der Waals surface area contributed by atoms with Crippen LogP contribution in [0.15, 0.2) is 59.6 Å². The molecule has 0 heterocycles. The van der Waals surface area contributed by atoms with Crippen LogP contribution < -0.4 is 5.73 Å². The fraction of sp³-hybridized carbons (Fsp3) is 0. The van der Waals surface area contributed by atoms with Crippen LogP contribution in [0.3, 0.4) is 0 Å². The molecule has 0 fully saturated rings. The summed E-state index contributed by atoms with van der Waals surface area (Å²) in [4.78, 5) is 4.08. The second-order valence-electron chi connectivity index (χ2n) is 4.33. The number of hydrogen-bond donors (Lipinski definition) is 1. The van der Waals surface area contributed by atoms with Crippen molar-refractivity contribution in [2.45, 2.75) is 0 Å². The lowest BCUT2D eigenvalue weighted by molar-refractivity contribution is 1.63. The molecule has 0 bridgehead atoms. The summed E-state index contributed by atoms with van der Waals surface area (Å²) in [5, 5.41) is 4.83. The van der Waals surface area contributed by atoms with Crippen molar-refractivity contribution >= 4 is 45.1 Å². The molecule has 2 nitrogen and oxygen atoms in total. The van der Waals surface area contributed by atoms with Crippen LogP contribution in [0.2, 0.25) is 0 Å². The van der Waals surface area contributed by atoms with Crippen LogP contribution >= 0.6 is 12.2 Å². The standard InChI is InChI=1S/C16H12N2S/c17-16(19)18-10-15-13-7-3-1-5-11(13)9-12-6-2-4-8-14(12)15/h1-10H,(H2,17,19)/b18-10+. The van der Waals surface area contributed by atoms with E-state index in [4.69, 9.17) is 18.0 Å². The van der Waals surface area contributed by atoms with Crippen LogP contribution in [0.4, 0.5) is 0 Å². The molecule has 3 aromatic rings. The first-order valence-electron chi connectivity index (χ1n) is 6.00. The van der Waals surface area contributed by atoms with Crippen molar-refractivity contribution in [3.8, 4) is 0 Å². The molecule has 3 heteroatoms. The van der Waals surface area contributed by atoms with Gasteiger partial charge < -0.3 is 5.73 Å². The molecule has 0 aliphatic heterocycles. The van der Waals surface area contributed by atoms with E-state index in [1.54, 1.807) is 6.21 Å². The van der Waals surface area contributed by atoms with Gasteiger partial charge in [0.25, 0.3) is 0 Å². The van der Waals surface area contributed by atoms with Gasteiger partial charge in [0, 0.05) is 11.8 Å². The number of nitrogens with zero attached hydrogens (tertiary/aromatic N) is 1. The average Bonchev–Trinajstić information content (AvgIpc) is 2.43. The fourth-order valence-electron chi connectivity index (χ4n) is 2.32. The highest BCUT2D eigenvalue weighted by molar-refractivity contribution is 7.80. The first kappa shape index (κ1) is 11.8. The van der Waals surface area contributed by atoms with Crippen LogP contribution in [0, 0.1) is 0 Å². The Kier molecular flexibility index (Phi) is 2.97. The van der Waals surface area contributed by atoms with E-state index in [1.165, 1.54) is 10.8 Å². The monoisotopic (exact) mass is 264 g/mol. The lowest BCUT2D eigenvalue weighted by Gasteiger charge is -2.07. The average molecular weight is 264 g/mol. The maximum Gasteiger partial charge on any atom is 0.190 e. The molecule has 0 saturated carbocycles. The zero-order valence-corrected chi connectivity index (χ0v) is 11.0. The van der Waals surface area contributed by atoms with E-state index in [-0.39, 0.29) is 5.11 Å². The minimum atomic E-state index is 0.150. The third-order valence-electron chi connectivity index (χ3n) is 3.13. The maximum absolute atomic E-state index is 5.46. The van der Waals surface area contributed by atoms with Crippen molar-refractivity contribution < 1.29 is 0 Å². The predicted molar refractivity (Wildman–Crippen MR) is 85.8 cm³/mol. The van der Waals surface area contributed by atoms with E-state index >= 15 is 0 Å². The number of nitrogens with two attached hydrogens (primary N) is 1. The molecule has 0 atom stereocenters. The molecule has 0 unspecified atom stereocenters. The molecule has 0 aliphatic carbocycles. The smallest absolute Gasteiger partial charge is 0.190 e. The molecule has 0 aliphatic rings. The number of rotatable bonds is 1. The third kappa shape index (κ3) is 2.20. The van der Waals surface area contributed by atoms with Crippen LogP contribution in [0.25, 0.3) is 21.5 Å². The summed E-state index contributed by atoms with van der Waals surface area (Å²) in [7, 11) is 0. The molecule has 19 heavy (non-hydrogen) atoms. The Morgan fingerprint density at radius 3 is 2.00 bits per heavy atom. The van der Waals surface area contributed by atoms with Gasteiger partial charge >= 0.3 is 0 Å². The zero-order valence-electron chi connectivity index (χ0n) is 10.2. The largest absolute Gasteiger partial charge is 0.374 e. The van der Waals surface area contributed by atoms with Gasteiger partial charge in [-0.3, -0.25) is 0 Å². The SMILES string of the molecule is NC(=S)/N=C/c1c2ccccc2cc2ccccc12. The second-order valence-corrected chi connectivity index (χ2v) is 4.75. The van der Waals surface area contributed by atoms with E-state index in [2.05, 4.69) is 35.3 Å². The molecule has 0 spiro atoms. The lowest BCUT2D eigenvalue weighted by Crippen LogP contribution is -2.04. The number of thiocarbonyl (C=S) groups is 1. The van der Waals surface area contributed by atoms with E-state index in [0.717, 1.165) is 16.3 Å². The maximum atomic E-state index is 5.46. The highest BCUT2D eigenvalue weighted by Gasteiger charge is 2.04. The molecule has 3 aromatic carbocycles. The van der Waals surface area contributed by atoms with Gasteiger partial charge in [-0.1, -0.05) is 48.5 Å². The van der Waals surface area contributed by atoms with E-state index in [0.29, 0.717) is 0 Å². The van der Waals surface area contributed by atoms with E-state index in [9.17, 15) is 0 Å². The Balaban J connectivity index is 2.42. The number of benzene rings is 3. The van der Waals surface area contributed by atoms with Crippen molar-refractivity contribution in [1.82, 2.24) is 0 Å². The molecule has 0 saturated heterocycles. The highest BCUT2D eigenvalue weighted by atomic mass is 32.1. The van der Waals surface area contributed by atoms with Crippen molar-refractivity contribution in [1.29, 1.82) is 0 Å². The summed E-state index contributed by atoms with van der Waals surface area (Å²) in [6.07, 6.45) is 1.76. The van der Waals surface area contributed by atoms with Crippen molar-refractivity contribution in [2.24, 2.45) is 10.7 Å². The van der Waals surface area contributed by atoms with Crippen LogP contribution in [-0.2, 0) is 0 Å². The Morgan fingerprint density at radius 2 is 1.47 bits per heavy atom. The molecular formula is C16H12N2S. The normalized spacial score (nSPS) is 11.4. The fourth-order valence-corrected chi connectivity index (χ4v) is 2.37. The van der Waals surface area contributed by atoms with Crippen LogP contribution in [0.1, 0.15) is 5.56 Å². The molecule has 0 aromatic heterocycles. The summed E-state index contributed by atoms with van der Waals surface area (Å²) in [5.74, 6) is 0. The van der Waals surface area contributed by atoms with Gasteiger partial charge in [-0.05, 0) is 39.8 Å². The van der Waals surface area contributed by atoms with Gasteiger partial charge in [0.2, 0.25) is 0 Å². The van der Waals surface area contributed by atoms with Gasteiger partial charge in [0.05, 0.1) is 0 Å². The van der Waals surface area contributed by atoms with Gasteiger partial charge in [-0.2, -0.15) is 0 Å². The number of fused-ring (bicyclic) bond motifs is 2. The van der Waals surface area contributed by atoms with Crippen molar-refractivity contribution in [2.75, 3.05) is 0 Å². The van der Waals surface area contributed by atoms with Crippen LogP contribution in [-0.4, -0.2) is 11.3 Å². The molecule has 0 amide bonds. The molecule has 2 N–H and O–H groups in total. The van der Waals surface area contributed by atoms with E-state index < -0.39 is 0 Å². The highest BCUT2D eigenvalue weighted by Crippen LogP contribution is 2.27. The molecule has 0 radical (unpaired) electrons. The topological polar surface area (TPSA) is 38.4 Å².